The Kier molecular flexibility index (Phi) is 5.20. The van der Waals surface area contributed by atoms with Gasteiger partial charge in [-0.2, -0.15) is 11.3 Å². The molecule has 1 aromatic heterocycles. The highest BCUT2D eigenvalue weighted by Gasteiger charge is 2.16. The Labute approximate surface area is 130 Å². The lowest BCUT2D eigenvalue weighted by Crippen LogP contribution is -2.04. The van der Waals surface area contributed by atoms with Crippen LogP contribution in [0.3, 0.4) is 0 Å². The van der Waals surface area contributed by atoms with Gasteiger partial charge in [-0.05, 0) is 48.0 Å². The van der Waals surface area contributed by atoms with Crippen LogP contribution in [0.4, 0.5) is 0 Å². The SMILES string of the molecule is CCOc1ccc(C(=O)c2cscc2Br)cc1OCC. The third-order valence-corrected chi connectivity index (χ3v) is 4.37. The average molecular weight is 355 g/mol. The maximum atomic E-state index is 12.4. The molecule has 2 aromatic rings. The standard InChI is InChI=1S/C15H15BrO3S/c1-3-18-13-6-5-10(7-14(13)19-4-2)15(17)11-8-20-9-12(11)16/h5-9H,3-4H2,1-2H3. The lowest BCUT2D eigenvalue weighted by atomic mass is 10.1. The van der Waals surface area contributed by atoms with Crippen molar-refractivity contribution in [2.24, 2.45) is 0 Å². The number of ether oxygens (including phenoxy) is 2. The van der Waals surface area contributed by atoms with E-state index in [4.69, 9.17) is 9.47 Å². The number of hydrogen-bond donors (Lipinski definition) is 0. The maximum absolute atomic E-state index is 12.4. The molecule has 0 saturated carbocycles. The molecule has 0 bridgehead atoms. The quantitative estimate of drug-likeness (QED) is 0.714. The van der Waals surface area contributed by atoms with Crippen molar-refractivity contribution in [2.45, 2.75) is 13.8 Å². The molecule has 0 saturated heterocycles. The van der Waals surface area contributed by atoms with Gasteiger partial charge in [0.15, 0.2) is 17.3 Å². The van der Waals surface area contributed by atoms with Crippen molar-refractivity contribution in [3.63, 3.8) is 0 Å². The van der Waals surface area contributed by atoms with Gasteiger partial charge in [-0.25, -0.2) is 0 Å². The highest BCUT2D eigenvalue weighted by atomic mass is 79.9. The van der Waals surface area contributed by atoms with Crippen LogP contribution in [0, 0.1) is 0 Å². The summed E-state index contributed by atoms with van der Waals surface area (Å²) in [5.74, 6) is 1.24. The van der Waals surface area contributed by atoms with Crippen molar-refractivity contribution in [2.75, 3.05) is 13.2 Å². The summed E-state index contributed by atoms with van der Waals surface area (Å²) in [6.45, 7) is 4.90. The van der Waals surface area contributed by atoms with Gasteiger partial charge in [0, 0.05) is 26.4 Å². The van der Waals surface area contributed by atoms with E-state index in [1.54, 1.807) is 18.2 Å². The van der Waals surface area contributed by atoms with Crippen molar-refractivity contribution in [3.05, 3.63) is 44.6 Å². The van der Waals surface area contributed by atoms with E-state index < -0.39 is 0 Å². The van der Waals surface area contributed by atoms with Crippen LogP contribution in [0.15, 0.2) is 33.4 Å². The second kappa shape index (κ2) is 6.90. The normalized spacial score (nSPS) is 10.3. The molecule has 0 spiro atoms. The molecule has 106 valence electrons. The first-order valence-electron chi connectivity index (χ1n) is 6.33. The molecule has 5 heteroatoms. The van der Waals surface area contributed by atoms with E-state index in [0.29, 0.717) is 35.8 Å². The highest BCUT2D eigenvalue weighted by molar-refractivity contribution is 9.10. The van der Waals surface area contributed by atoms with E-state index in [-0.39, 0.29) is 5.78 Å². The van der Waals surface area contributed by atoms with Crippen molar-refractivity contribution in [3.8, 4) is 11.5 Å². The van der Waals surface area contributed by atoms with Crippen LogP contribution < -0.4 is 9.47 Å². The van der Waals surface area contributed by atoms with Gasteiger partial charge in [-0.1, -0.05) is 0 Å². The summed E-state index contributed by atoms with van der Waals surface area (Å²) >= 11 is 4.88. The third kappa shape index (κ3) is 3.22. The molecule has 0 aliphatic carbocycles. The molecule has 0 N–H and O–H groups in total. The van der Waals surface area contributed by atoms with Crippen LogP contribution >= 0.6 is 27.3 Å². The van der Waals surface area contributed by atoms with Gasteiger partial charge < -0.3 is 9.47 Å². The zero-order chi connectivity index (χ0) is 14.5. The van der Waals surface area contributed by atoms with Crippen molar-refractivity contribution in [1.29, 1.82) is 0 Å². The van der Waals surface area contributed by atoms with E-state index in [2.05, 4.69) is 15.9 Å². The first-order valence-corrected chi connectivity index (χ1v) is 8.07. The van der Waals surface area contributed by atoms with Gasteiger partial charge in [-0.3, -0.25) is 4.79 Å². The van der Waals surface area contributed by atoms with Crippen molar-refractivity contribution >= 4 is 33.0 Å². The lowest BCUT2D eigenvalue weighted by molar-refractivity contribution is 0.103. The van der Waals surface area contributed by atoms with Gasteiger partial charge in [0.05, 0.1) is 13.2 Å². The second-order valence-electron chi connectivity index (χ2n) is 3.99. The van der Waals surface area contributed by atoms with E-state index in [9.17, 15) is 4.79 Å². The van der Waals surface area contributed by atoms with Crippen molar-refractivity contribution < 1.29 is 14.3 Å². The number of rotatable bonds is 6. The van der Waals surface area contributed by atoms with Gasteiger partial charge >= 0.3 is 0 Å². The summed E-state index contributed by atoms with van der Waals surface area (Å²) in [4.78, 5) is 12.4. The molecule has 0 aliphatic heterocycles. The summed E-state index contributed by atoms with van der Waals surface area (Å²) < 4.78 is 11.9. The number of carbonyl (C=O) groups excluding carboxylic acids is 1. The van der Waals surface area contributed by atoms with E-state index in [0.717, 1.165) is 4.47 Å². The molecule has 3 nitrogen and oxygen atoms in total. The predicted octanol–water partition coefficient (Wildman–Crippen LogP) is 4.54. The fourth-order valence-electron chi connectivity index (χ4n) is 1.79. The van der Waals surface area contributed by atoms with Crippen LogP contribution in [-0.2, 0) is 0 Å². The molecular formula is C15H15BrO3S. The average Bonchev–Trinajstić information content (AvgIpc) is 2.86. The fourth-order valence-corrected chi connectivity index (χ4v) is 3.25. The number of halogens is 1. The molecule has 1 aromatic carbocycles. The number of thiophene rings is 1. The maximum Gasteiger partial charge on any atom is 0.195 e. The summed E-state index contributed by atoms with van der Waals surface area (Å²) in [6.07, 6.45) is 0. The Hall–Kier alpha value is -1.33. The molecule has 0 radical (unpaired) electrons. The molecule has 0 amide bonds. The third-order valence-electron chi connectivity index (χ3n) is 2.66. The van der Waals surface area contributed by atoms with Gasteiger partial charge in [0.1, 0.15) is 0 Å². The largest absolute Gasteiger partial charge is 0.490 e. The number of carbonyl (C=O) groups is 1. The molecule has 2 rings (SSSR count). The van der Waals surface area contributed by atoms with Crippen LogP contribution in [0.1, 0.15) is 29.8 Å². The van der Waals surface area contributed by atoms with E-state index >= 15 is 0 Å². The first kappa shape index (κ1) is 15.1. The Bertz CT molecular complexity index is 607. The second-order valence-corrected chi connectivity index (χ2v) is 5.59. The van der Waals surface area contributed by atoms with E-state index in [1.807, 2.05) is 24.6 Å². The van der Waals surface area contributed by atoms with Gasteiger partial charge in [0.2, 0.25) is 0 Å². The number of benzene rings is 1. The molecule has 0 unspecified atom stereocenters. The minimum atomic E-state index is -0.0258. The molecule has 0 aliphatic rings. The molecule has 0 atom stereocenters. The number of hydrogen-bond acceptors (Lipinski definition) is 4. The summed E-state index contributed by atoms with van der Waals surface area (Å²) in [5, 5.41) is 3.73. The van der Waals surface area contributed by atoms with Crippen LogP contribution in [0.25, 0.3) is 0 Å². The Morgan fingerprint density at radius 3 is 2.45 bits per heavy atom. The Morgan fingerprint density at radius 1 is 1.15 bits per heavy atom. The number of ketones is 1. The molecule has 1 heterocycles. The van der Waals surface area contributed by atoms with Crippen LogP contribution in [0.2, 0.25) is 0 Å². The van der Waals surface area contributed by atoms with Crippen molar-refractivity contribution in [1.82, 2.24) is 0 Å². The zero-order valence-corrected chi connectivity index (χ0v) is 13.7. The van der Waals surface area contributed by atoms with Gasteiger partial charge in [0.25, 0.3) is 0 Å². The van der Waals surface area contributed by atoms with Crippen LogP contribution in [0.5, 0.6) is 11.5 Å². The molecular weight excluding hydrogens is 340 g/mol. The Morgan fingerprint density at radius 2 is 1.85 bits per heavy atom. The smallest absolute Gasteiger partial charge is 0.195 e. The highest BCUT2D eigenvalue weighted by Crippen LogP contribution is 2.31. The van der Waals surface area contributed by atoms with Crippen LogP contribution in [-0.4, -0.2) is 19.0 Å². The van der Waals surface area contributed by atoms with E-state index in [1.165, 1.54) is 11.3 Å². The topological polar surface area (TPSA) is 35.5 Å². The Balaban J connectivity index is 2.35. The summed E-state index contributed by atoms with van der Waals surface area (Å²) in [7, 11) is 0. The minimum absolute atomic E-state index is 0.0258. The fraction of sp³-hybridized carbons (Fsp3) is 0.267. The molecule has 20 heavy (non-hydrogen) atoms. The first-order chi connectivity index (χ1) is 9.67. The minimum Gasteiger partial charge on any atom is -0.490 e. The monoisotopic (exact) mass is 354 g/mol. The molecule has 0 fully saturated rings. The predicted molar refractivity (Wildman–Crippen MR) is 84.2 cm³/mol. The lowest BCUT2D eigenvalue weighted by Gasteiger charge is -2.12. The summed E-state index contributed by atoms with van der Waals surface area (Å²) in [6, 6.07) is 5.28. The zero-order valence-electron chi connectivity index (χ0n) is 11.3. The van der Waals surface area contributed by atoms with Gasteiger partial charge in [-0.15, -0.1) is 0 Å². The summed E-state index contributed by atoms with van der Waals surface area (Å²) in [5.41, 5.74) is 1.26.